The Morgan fingerprint density at radius 1 is 1.12 bits per heavy atom. The van der Waals surface area contributed by atoms with E-state index in [9.17, 15) is 4.79 Å². The fraction of sp³-hybridized carbons (Fsp3) is 0.696. The Morgan fingerprint density at radius 3 is 2.58 bits per heavy atom. The lowest BCUT2D eigenvalue weighted by Crippen LogP contribution is -2.57. The molecule has 0 amide bonds. The minimum Gasteiger partial charge on any atom is -0.465 e. The van der Waals surface area contributed by atoms with E-state index in [0.717, 1.165) is 24.8 Å². The van der Waals surface area contributed by atoms with Crippen molar-refractivity contribution in [2.24, 2.45) is 11.3 Å². The van der Waals surface area contributed by atoms with Gasteiger partial charge in [-0.2, -0.15) is 0 Å². The molecule has 3 rings (SSSR count). The molecule has 1 aromatic carbocycles. The first-order chi connectivity index (χ1) is 12.2. The molecule has 2 aliphatic rings. The lowest BCUT2D eigenvalue weighted by molar-refractivity contribution is -0.242. The Kier molecular flexibility index (Phi) is 5.48. The van der Waals surface area contributed by atoms with Crippen LogP contribution in [0.25, 0.3) is 0 Å². The van der Waals surface area contributed by atoms with Crippen LogP contribution in [0.15, 0.2) is 30.3 Å². The summed E-state index contributed by atoms with van der Waals surface area (Å²) in [6.45, 7) is 9.73. The fourth-order valence-corrected chi connectivity index (χ4v) is 5.32. The summed E-state index contributed by atoms with van der Waals surface area (Å²) in [5.74, 6) is 0.468. The third-order valence-corrected chi connectivity index (χ3v) is 6.70. The van der Waals surface area contributed by atoms with E-state index < -0.39 is 0 Å². The molecule has 2 fully saturated rings. The monoisotopic (exact) mass is 358 g/mol. The van der Waals surface area contributed by atoms with Gasteiger partial charge in [-0.25, -0.2) is 0 Å². The van der Waals surface area contributed by atoms with Crippen LogP contribution in [-0.4, -0.2) is 23.8 Å². The zero-order valence-corrected chi connectivity index (χ0v) is 16.8. The molecule has 3 heteroatoms. The first-order valence-corrected chi connectivity index (χ1v) is 10.1. The molecular weight excluding hydrogens is 324 g/mol. The number of hydrogen-bond acceptors (Lipinski definition) is 3. The third kappa shape index (κ3) is 4.31. The molecule has 1 saturated heterocycles. The van der Waals surface area contributed by atoms with Crippen LogP contribution in [0.5, 0.6) is 0 Å². The summed E-state index contributed by atoms with van der Waals surface area (Å²) >= 11 is 0. The molecule has 0 aromatic heterocycles. The predicted octanol–water partition coefficient (Wildman–Crippen LogP) is 5.32. The first kappa shape index (κ1) is 19.4. The van der Waals surface area contributed by atoms with Gasteiger partial charge < -0.3 is 9.47 Å². The minimum atomic E-state index is -0.189. The molecule has 1 heterocycles. The largest absolute Gasteiger partial charge is 0.465 e. The van der Waals surface area contributed by atoms with Crippen LogP contribution in [0.1, 0.15) is 71.8 Å². The Hall–Kier alpha value is -1.35. The molecule has 0 unspecified atom stereocenters. The van der Waals surface area contributed by atoms with Crippen LogP contribution < -0.4 is 0 Å². The van der Waals surface area contributed by atoms with Crippen molar-refractivity contribution in [3.8, 4) is 0 Å². The maximum Gasteiger partial charge on any atom is 0.310 e. The van der Waals surface area contributed by atoms with Gasteiger partial charge in [-0.3, -0.25) is 4.79 Å². The van der Waals surface area contributed by atoms with E-state index in [1.165, 1.54) is 19.3 Å². The number of ether oxygens (including phenoxy) is 2. The standard InChI is InChI=1S/C23H34O3/c1-21(2)12-8-13-23(4)19(21)11-14-22(3,26-23)15-16-25-20(24)17-18-9-6-5-7-10-18/h5-7,9-10,19H,8,11-17H2,1-4H3/t19-,22+,23-/m0/s1. The van der Waals surface area contributed by atoms with Gasteiger partial charge in [0.2, 0.25) is 0 Å². The highest BCUT2D eigenvalue weighted by Crippen LogP contribution is 2.55. The van der Waals surface area contributed by atoms with E-state index in [1.807, 2.05) is 30.3 Å². The first-order valence-electron chi connectivity index (χ1n) is 10.1. The molecule has 0 spiro atoms. The molecule has 0 N–H and O–H groups in total. The topological polar surface area (TPSA) is 35.5 Å². The Balaban J connectivity index is 1.51. The molecule has 1 saturated carbocycles. The van der Waals surface area contributed by atoms with Gasteiger partial charge >= 0.3 is 5.97 Å². The lowest BCUT2D eigenvalue weighted by atomic mass is 9.58. The number of carbonyl (C=O) groups excluding carboxylic acids is 1. The highest BCUT2D eigenvalue weighted by molar-refractivity contribution is 5.72. The van der Waals surface area contributed by atoms with E-state index in [1.54, 1.807) is 0 Å². The van der Waals surface area contributed by atoms with Crippen molar-refractivity contribution in [2.45, 2.75) is 83.8 Å². The van der Waals surface area contributed by atoms with Crippen LogP contribution in [0.3, 0.4) is 0 Å². The predicted molar refractivity (Wildman–Crippen MR) is 104 cm³/mol. The Labute approximate surface area is 158 Å². The fourth-order valence-electron chi connectivity index (χ4n) is 5.32. The molecule has 1 aliphatic carbocycles. The number of rotatable bonds is 5. The number of esters is 1. The average molecular weight is 359 g/mol. The van der Waals surface area contributed by atoms with Gasteiger partial charge in [0.05, 0.1) is 24.2 Å². The molecular formula is C23H34O3. The molecule has 3 nitrogen and oxygen atoms in total. The van der Waals surface area contributed by atoms with Crippen molar-refractivity contribution in [1.82, 2.24) is 0 Å². The zero-order chi connectivity index (χ0) is 18.8. The lowest BCUT2D eigenvalue weighted by Gasteiger charge is -2.57. The smallest absolute Gasteiger partial charge is 0.310 e. The van der Waals surface area contributed by atoms with Crippen molar-refractivity contribution in [3.05, 3.63) is 35.9 Å². The SMILES string of the molecule is CC1(C)CCC[C@]2(C)O[C@@](C)(CCOC(=O)Cc3ccccc3)CC[C@@H]12. The molecule has 0 bridgehead atoms. The van der Waals surface area contributed by atoms with Gasteiger partial charge in [0.15, 0.2) is 0 Å². The zero-order valence-electron chi connectivity index (χ0n) is 16.8. The van der Waals surface area contributed by atoms with Crippen molar-refractivity contribution in [2.75, 3.05) is 6.61 Å². The van der Waals surface area contributed by atoms with Gasteiger partial charge in [0.1, 0.15) is 0 Å². The summed E-state index contributed by atoms with van der Waals surface area (Å²) in [5, 5.41) is 0. The molecule has 3 atom stereocenters. The normalized spacial score (nSPS) is 33.3. The number of carbonyl (C=O) groups is 1. The van der Waals surface area contributed by atoms with Gasteiger partial charge in [-0.1, -0.05) is 50.6 Å². The molecule has 0 radical (unpaired) electrons. The molecule has 144 valence electrons. The second-order valence-corrected chi connectivity index (χ2v) is 9.43. The van der Waals surface area contributed by atoms with Crippen LogP contribution in [0.4, 0.5) is 0 Å². The van der Waals surface area contributed by atoms with Gasteiger partial charge in [-0.05, 0) is 56.4 Å². The van der Waals surface area contributed by atoms with Crippen LogP contribution in [-0.2, 0) is 20.7 Å². The van der Waals surface area contributed by atoms with Crippen LogP contribution in [0.2, 0.25) is 0 Å². The average Bonchev–Trinajstić information content (AvgIpc) is 2.54. The van der Waals surface area contributed by atoms with Gasteiger partial charge in [-0.15, -0.1) is 0 Å². The highest BCUT2D eigenvalue weighted by Gasteiger charge is 2.53. The maximum absolute atomic E-state index is 12.1. The molecule has 1 aliphatic heterocycles. The Morgan fingerprint density at radius 2 is 1.85 bits per heavy atom. The summed E-state index contributed by atoms with van der Waals surface area (Å²) in [6.07, 6.45) is 7.05. The number of hydrogen-bond donors (Lipinski definition) is 0. The third-order valence-electron chi connectivity index (χ3n) is 6.70. The van der Waals surface area contributed by atoms with Crippen molar-refractivity contribution in [3.63, 3.8) is 0 Å². The summed E-state index contributed by atoms with van der Waals surface area (Å²) < 4.78 is 12.2. The summed E-state index contributed by atoms with van der Waals surface area (Å²) in [7, 11) is 0. The van der Waals surface area contributed by atoms with Crippen LogP contribution in [0, 0.1) is 11.3 Å². The molecule has 1 aromatic rings. The van der Waals surface area contributed by atoms with Crippen molar-refractivity contribution in [1.29, 1.82) is 0 Å². The second kappa shape index (κ2) is 7.34. The van der Waals surface area contributed by atoms with Gasteiger partial charge in [0.25, 0.3) is 0 Å². The second-order valence-electron chi connectivity index (χ2n) is 9.43. The number of fused-ring (bicyclic) bond motifs is 1. The van der Waals surface area contributed by atoms with E-state index in [-0.39, 0.29) is 17.2 Å². The summed E-state index contributed by atoms with van der Waals surface area (Å²) in [6, 6.07) is 9.76. The number of benzene rings is 1. The minimum absolute atomic E-state index is 0.0389. The quantitative estimate of drug-likeness (QED) is 0.669. The van der Waals surface area contributed by atoms with E-state index in [4.69, 9.17) is 9.47 Å². The van der Waals surface area contributed by atoms with Crippen molar-refractivity contribution < 1.29 is 14.3 Å². The van der Waals surface area contributed by atoms with E-state index >= 15 is 0 Å². The van der Waals surface area contributed by atoms with E-state index in [2.05, 4.69) is 27.7 Å². The molecule has 26 heavy (non-hydrogen) atoms. The van der Waals surface area contributed by atoms with Crippen molar-refractivity contribution >= 4 is 5.97 Å². The summed E-state index contributed by atoms with van der Waals surface area (Å²) in [4.78, 5) is 12.1. The summed E-state index contributed by atoms with van der Waals surface area (Å²) in [5.41, 5.74) is 1.13. The highest BCUT2D eigenvalue weighted by atomic mass is 16.5. The van der Waals surface area contributed by atoms with Crippen LogP contribution >= 0.6 is 0 Å². The Bertz CT molecular complexity index is 624. The maximum atomic E-state index is 12.1. The van der Waals surface area contributed by atoms with E-state index in [0.29, 0.717) is 24.4 Å². The van der Waals surface area contributed by atoms with Gasteiger partial charge in [0, 0.05) is 6.42 Å².